The summed E-state index contributed by atoms with van der Waals surface area (Å²) < 4.78 is 0. The van der Waals surface area contributed by atoms with E-state index < -0.39 is 11.8 Å². The molecule has 0 unspecified atom stereocenters. The van der Waals surface area contributed by atoms with Crippen molar-refractivity contribution in [3.05, 3.63) is 30.1 Å². The van der Waals surface area contributed by atoms with E-state index in [1.807, 2.05) is 26.0 Å². The molecular weight excluding hydrogens is 306 g/mol. The number of carbonyl (C=O) groups is 2. The van der Waals surface area contributed by atoms with Crippen molar-refractivity contribution in [2.75, 3.05) is 11.9 Å². The van der Waals surface area contributed by atoms with E-state index >= 15 is 0 Å². The van der Waals surface area contributed by atoms with Crippen molar-refractivity contribution in [2.24, 2.45) is 5.92 Å². The van der Waals surface area contributed by atoms with E-state index in [0.29, 0.717) is 29.9 Å². The van der Waals surface area contributed by atoms with E-state index in [1.165, 1.54) is 12.8 Å². The van der Waals surface area contributed by atoms with Crippen LogP contribution in [0.3, 0.4) is 0 Å². The molecule has 1 aliphatic rings. The quantitative estimate of drug-likeness (QED) is 0.732. The van der Waals surface area contributed by atoms with Crippen LogP contribution in [0.1, 0.15) is 38.4 Å². The maximum Gasteiger partial charge on any atom is 0.313 e. The molecule has 3 rings (SSSR count). The van der Waals surface area contributed by atoms with Gasteiger partial charge in [-0.25, -0.2) is 4.98 Å². The van der Waals surface area contributed by atoms with Crippen LogP contribution < -0.4 is 10.6 Å². The highest BCUT2D eigenvalue weighted by Crippen LogP contribution is 2.38. The van der Waals surface area contributed by atoms with Gasteiger partial charge >= 0.3 is 11.8 Å². The Hall–Kier alpha value is -2.70. The van der Waals surface area contributed by atoms with Crippen molar-refractivity contribution < 1.29 is 9.59 Å². The predicted molar refractivity (Wildman–Crippen MR) is 90.3 cm³/mol. The molecule has 7 heteroatoms. The van der Waals surface area contributed by atoms with Gasteiger partial charge in [0.1, 0.15) is 5.82 Å². The third-order valence-corrected chi connectivity index (χ3v) is 3.74. The molecule has 1 aromatic carbocycles. The minimum Gasteiger partial charge on any atom is -0.348 e. The van der Waals surface area contributed by atoms with Gasteiger partial charge in [0, 0.05) is 23.7 Å². The standard InChI is InChI=1S/C17H21N5O2/c1-10(2)9-18-16(23)17(24)19-13-7-5-12(6-8-13)15-20-14(21-22-15)11-3-4-11/h5-8,10-11H,3-4,9H2,1-2H3,(H,18,23)(H,19,24)(H,20,21,22). The second kappa shape index (κ2) is 6.82. The first-order chi connectivity index (χ1) is 11.5. The Morgan fingerprint density at radius 1 is 1.21 bits per heavy atom. The van der Waals surface area contributed by atoms with Crippen LogP contribution in [0.15, 0.2) is 24.3 Å². The molecule has 0 radical (unpaired) electrons. The summed E-state index contributed by atoms with van der Waals surface area (Å²) >= 11 is 0. The fourth-order valence-electron chi connectivity index (χ4n) is 2.21. The Morgan fingerprint density at radius 3 is 2.54 bits per heavy atom. The fraction of sp³-hybridized carbons (Fsp3) is 0.412. The Kier molecular flexibility index (Phi) is 4.59. The second-order valence-corrected chi connectivity index (χ2v) is 6.45. The van der Waals surface area contributed by atoms with Crippen LogP contribution in [0.25, 0.3) is 11.4 Å². The third kappa shape index (κ3) is 3.98. The highest BCUT2D eigenvalue weighted by molar-refractivity contribution is 6.39. The predicted octanol–water partition coefficient (Wildman–Crippen LogP) is 2.06. The van der Waals surface area contributed by atoms with Crippen LogP contribution in [-0.2, 0) is 9.59 Å². The molecule has 7 nitrogen and oxygen atoms in total. The normalized spacial score (nSPS) is 13.8. The SMILES string of the molecule is CC(C)CNC(=O)C(=O)Nc1ccc(-c2n[nH]c(C3CC3)n2)cc1. The molecule has 0 bridgehead atoms. The molecule has 1 aliphatic carbocycles. The summed E-state index contributed by atoms with van der Waals surface area (Å²) in [5.41, 5.74) is 1.42. The number of anilines is 1. The molecule has 2 amide bonds. The van der Waals surface area contributed by atoms with Gasteiger partial charge in [0.2, 0.25) is 0 Å². The van der Waals surface area contributed by atoms with Crippen LogP contribution in [0.5, 0.6) is 0 Å². The molecule has 24 heavy (non-hydrogen) atoms. The summed E-state index contributed by atoms with van der Waals surface area (Å²) in [5, 5.41) is 12.3. The fourth-order valence-corrected chi connectivity index (χ4v) is 2.21. The van der Waals surface area contributed by atoms with E-state index in [-0.39, 0.29) is 0 Å². The molecule has 1 saturated carbocycles. The van der Waals surface area contributed by atoms with Gasteiger partial charge in [0.15, 0.2) is 5.82 Å². The number of nitrogens with zero attached hydrogens (tertiary/aromatic N) is 2. The molecule has 126 valence electrons. The Balaban J connectivity index is 1.59. The van der Waals surface area contributed by atoms with Gasteiger partial charge in [0.25, 0.3) is 0 Å². The zero-order valence-electron chi connectivity index (χ0n) is 13.8. The summed E-state index contributed by atoms with van der Waals surface area (Å²) in [4.78, 5) is 28.0. The van der Waals surface area contributed by atoms with Gasteiger partial charge in [-0.1, -0.05) is 13.8 Å². The summed E-state index contributed by atoms with van der Waals surface area (Å²) in [6.45, 7) is 4.41. The molecule has 2 aromatic rings. The lowest BCUT2D eigenvalue weighted by Gasteiger charge is -2.08. The number of hydrogen-bond acceptors (Lipinski definition) is 4. The molecule has 1 aromatic heterocycles. The zero-order chi connectivity index (χ0) is 17.1. The summed E-state index contributed by atoms with van der Waals surface area (Å²) in [5.74, 6) is 1.10. The smallest absolute Gasteiger partial charge is 0.313 e. The number of H-pyrrole nitrogens is 1. The van der Waals surface area contributed by atoms with E-state index in [2.05, 4.69) is 25.8 Å². The molecule has 1 heterocycles. The van der Waals surface area contributed by atoms with E-state index in [0.717, 1.165) is 11.4 Å². The molecule has 0 saturated heterocycles. The first-order valence-corrected chi connectivity index (χ1v) is 8.15. The van der Waals surface area contributed by atoms with Crippen LogP contribution in [0, 0.1) is 5.92 Å². The van der Waals surface area contributed by atoms with Crippen molar-refractivity contribution in [1.29, 1.82) is 0 Å². The van der Waals surface area contributed by atoms with E-state index in [4.69, 9.17) is 0 Å². The van der Waals surface area contributed by atoms with E-state index in [1.54, 1.807) is 12.1 Å². The van der Waals surface area contributed by atoms with Gasteiger partial charge in [0.05, 0.1) is 0 Å². The summed E-state index contributed by atoms with van der Waals surface area (Å²) in [6, 6.07) is 7.11. The zero-order valence-corrected chi connectivity index (χ0v) is 13.8. The lowest BCUT2D eigenvalue weighted by Crippen LogP contribution is -2.37. The minimum absolute atomic E-state index is 0.294. The van der Waals surface area contributed by atoms with Crippen LogP contribution in [0.4, 0.5) is 5.69 Å². The second-order valence-electron chi connectivity index (χ2n) is 6.45. The third-order valence-electron chi connectivity index (χ3n) is 3.74. The van der Waals surface area contributed by atoms with Crippen LogP contribution in [-0.4, -0.2) is 33.5 Å². The number of amides is 2. The van der Waals surface area contributed by atoms with Crippen LogP contribution >= 0.6 is 0 Å². The Labute approximate surface area is 140 Å². The molecule has 0 spiro atoms. The molecule has 1 fully saturated rings. The summed E-state index contributed by atoms with van der Waals surface area (Å²) in [6.07, 6.45) is 2.33. The van der Waals surface area contributed by atoms with Gasteiger partial charge in [-0.05, 0) is 43.0 Å². The average Bonchev–Trinajstić information content (AvgIpc) is 3.30. The Bertz CT molecular complexity index is 732. The number of hydrogen-bond donors (Lipinski definition) is 3. The number of nitrogens with one attached hydrogen (secondary N) is 3. The topological polar surface area (TPSA) is 99.8 Å². The molecular formula is C17H21N5O2. The van der Waals surface area contributed by atoms with Gasteiger partial charge in [-0.3, -0.25) is 14.7 Å². The highest BCUT2D eigenvalue weighted by Gasteiger charge is 2.27. The van der Waals surface area contributed by atoms with Gasteiger partial charge in [-0.15, -0.1) is 0 Å². The van der Waals surface area contributed by atoms with Crippen molar-refractivity contribution in [1.82, 2.24) is 20.5 Å². The molecule has 0 atom stereocenters. The highest BCUT2D eigenvalue weighted by atomic mass is 16.2. The molecule has 0 aliphatic heterocycles. The van der Waals surface area contributed by atoms with Crippen molar-refractivity contribution in [3.63, 3.8) is 0 Å². The number of aromatic amines is 1. The Morgan fingerprint density at radius 2 is 1.92 bits per heavy atom. The van der Waals surface area contributed by atoms with Gasteiger partial charge in [-0.2, -0.15) is 5.10 Å². The lowest BCUT2D eigenvalue weighted by atomic mass is 10.2. The van der Waals surface area contributed by atoms with Crippen LogP contribution in [0.2, 0.25) is 0 Å². The number of aromatic nitrogens is 3. The first-order valence-electron chi connectivity index (χ1n) is 8.15. The molecule has 3 N–H and O–H groups in total. The number of rotatable bonds is 5. The largest absolute Gasteiger partial charge is 0.348 e. The van der Waals surface area contributed by atoms with E-state index in [9.17, 15) is 9.59 Å². The maximum atomic E-state index is 11.8. The monoisotopic (exact) mass is 327 g/mol. The van der Waals surface area contributed by atoms with Crippen molar-refractivity contribution >= 4 is 17.5 Å². The number of carbonyl (C=O) groups excluding carboxylic acids is 2. The first kappa shape index (κ1) is 16.2. The maximum absolute atomic E-state index is 11.8. The minimum atomic E-state index is -0.669. The van der Waals surface area contributed by atoms with Crippen molar-refractivity contribution in [3.8, 4) is 11.4 Å². The van der Waals surface area contributed by atoms with Crippen molar-refractivity contribution in [2.45, 2.75) is 32.6 Å². The van der Waals surface area contributed by atoms with Gasteiger partial charge < -0.3 is 10.6 Å². The average molecular weight is 327 g/mol. The summed E-state index contributed by atoms with van der Waals surface area (Å²) in [7, 11) is 0. The number of benzene rings is 1. The lowest BCUT2D eigenvalue weighted by molar-refractivity contribution is -0.136.